The van der Waals surface area contributed by atoms with Gasteiger partial charge in [-0.05, 0) is 36.4 Å². The topological polar surface area (TPSA) is 131 Å². The standard InChI is InChI=1S/C23H17N5O5/c29-21-16-8-4-5-9-18(16)28-20(25-21)17(12-24-28)22(30)26-27-23(31)19-11-10-15(33-19)13-32-14-6-2-1-3-7-14/h1-12H,13H2,(H,25,29)(H,26,30)(H,27,31). The van der Waals surface area contributed by atoms with Gasteiger partial charge in [0.2, 0.25) is 0 Å². The lowest BCUT2D eigenvalue weighted by Crippen LogP contribution is -2.41. The molecule has 0 saturated carbocycles. The van der Waals surface area contributed by atoms with E-state index in [1.54, 1.807) is 30.3 Å². The highest BCUT2D eigenvalue weighted by Gasteiger charge is 2.18. The molecule has 0 radical (unpaired) electrons. The summed E-state index contributed by atoms with van der Waals surface area (Å²) in [4.78, 5) is 40.0. The fraction of sp³-hybridized carbons (Fsp3) is 0.0435. The normalized spacial score (nSPS) is 10.9. The van der Waals surface area contributed by atoms with Crippen LogP contribution in [-0.2, 0) is 6.61 Å². The van der Waals surface area contributed by atoms with Crippen molar-refractivity contribution >= 4 is 28.4 Å². The summed E-state index contributed by atoms with van der Waals surface area (Å²) >= 11 is 0. The largest absolute Gasteiger partial charge is 0.486 e. The molecule has 10 heteroatoms. The number of carbonyl (C=O) groups is 2. The smallest absolute Gasteiger partial charge is 0.305 e. The highest BCUT2D eigenvalue weighted by atomic mass is 16.5. The average molecular weight is 443 g/mol. The maximum Gasteiger partial charge on any atom is 0.305 e. The Kier molecular flexibility index (Phi) is 5.07. The summed E-state index contributed by atoms with van der Waals surface area (Å²) in [7, 11) is 0. The first-order chi connectivity index (χ1) is 16.1. The SMILES string of the molecule is O=C(NNC(=O)c1cnn2c1[nH]c(=O)c1ccccc12)c1ccc(COc2ccccc2)o1. The second kappa shape index (κ2) is 8.35. The summed E-state index contributed by atoms with van der Waals surface area (Å²) in [6.45, 7) is 0.146. The van der Waals surface area contributed by atoms with Crippen molar-refractivity contribution < 1.29 is 18.7 Å². The Bertz CT molecular complexity index is 1530. The Balaban J connectivity index is 1.26. The first-order valence-electron chi connectivity index (χ1n) is 9.96. The van der Waals surface area contributed by atoms with Crippen LogP contribution in [0.5, 0.6) is 5.75 Å². The van der Waals surface area contributed by atoms with E-state index in [2.05, 4.69) is 20.9 Å². The maximum atomic E-state index is 12.6. The summed E-state index contributed by atoms with van der Waals surface area (Å²) < 4.78 is 12.5. The first kappa shape index (κ1) is 20.1. The quantitative estimate of drug-likeness (QED) is 0.358. The van der Waals surface area contributed by atoms with E-state index in [1.165, 1.54) is 16.8 Å². The number of benzene rings is 2. The number of aromatic nitrogens is 3. The zero-order chi connectivity index (χ0) is 22.8. The van der Waals surface area contributed by atoms with Gasteiger partial charge in [-0.15, -0.1) is 0 Å². The molecule has 0 aliphatic carbocycles. The van der Waals surface area contributed by atoms with Crippen molar-refractivity contribution in [3.63, 3.8) is 0 Å². The van der Waals surface area contributed by atoms with Gasteiger partial charge in [-0.2, -0.15) is 5.10 Å². The number of hydrogen-bond donors (Lipinski definition) is 3. The average Bonchev–Trinajstić information content (AvgIpc) is 3.49. The molecule has 3 heterocycles. The molecule has 0 saturated heterocycles. The molecule has 0 atom stereocenters. The van der Waals surface area contributed by atoms with E-state index in [-0.39, 0.29) is 29.1 Å². The molecule has 2 aromatic carbocycles. The van der Waals surface area contributed by atoms with Gasteiger partial charge in [0.15, 0.2) is 5.76 Å². The van der Waals surface area contributed by atoms with E-state index in [0.717, 1.165) is 0 Å². The van der Waals surface area contributed by atoms with Gasteiger partial charge in [0.25, 0.3) is 11.5 Å². The van der Waals surface area contributed by atoms with Crippen molar-refractivity contribution in [1.82, 2.24) is 25.4 Å². The van der Waals surface area contributed by atoms with Crippen LogP contribution < -0.4 is 21.1 Å². The van der Waals surface area contributed by atoms with Crippen molar-refractivity contribution in [2.24, 2.45) is 0 Å². The third kappa shape index (κ3) is 3.92. The molecule has 0 aliphatic heterocycles. The number of para-hydroxylation sites is 2. The van der Waals surface area contributed by atoms with Crippen LogP contribution in [0.1, 0.15) is 26.7 Å². The van der Waals surface area contributed by atoms with Crippen molar-refractivity contribution in [2.75, 3.05) is 0 Å². The number of H-pyrrole nitrogens is 1. The second-order valence-corrected chi connectivity index (χ2v) is 7.07. The highest BCUT2D eigenvalue weighted by Crippen LogP contribution is 2.15. The number of nitrogens with zero attached hydrogens (tertiary/aromatic N) is 2. The minimum Gasteiger partial charge on any atom is -0.486 e. The first-order valence-corrected chi connectivity index (χ1v) is 9.96. The van der Waals surface area contributed by atoms with Gasteiger partial charge in [0, 0.05) is 0 Å². The number of carbonyl (C=O) groups excluding carboxylic acids is 2. The van der Waals surface area contributed by atoms with Crippen LogP contribution in [0, 0.1) is 0 Å². The molecule has 0 unspecified atom stereocenters. The number of rotatable bonds is 5. The Morgan fingerprint density at radius 1 is 0.970 bits per heavy atom. The zero-order valence-corrected chi connectivity index (χ0v) is 17.1. The van der Waals surface area contributed by atoms with E-state index >= 15 is 0 Å². The molecule has 5 rings (SSSR count). The van der Waals surface area contributed by atoms with Crippen molar-refractivity contribution in [1.29, 1.82) is 0 Å². The van der Waals surface area contributed by atoms with E-state index in [0.29, 0.717) is 22.4 Å². The molecule has 0 bridgehead atoms. The van der Waals surface area contributed by atoms with Crippen molar-refractivity contribution in [2.45, 2.75) is 6.61 Å². The molecule has 0 fully saturated rings. The molecule has 3 aromatic heterocycles. The van der Waals surface area contributed by atoms with Crippen molar-refractivity contribution in [3.05, 3.63) is 100 Å². The number of hydrazine groups is 1. The van der Waals surface area contributed by atoms with Crippen LogP contribution in [0.2, 0.25) is 0 Å². The predicted octanol–water partition coefficient (Wildman–Crippen LogP) is 2.42. The number of ether oxygens (including phenoxy) is 1. The molecule has 0 aliphatic rings. The lowest BCUT2D eigenvalue weighted by atomic mass is 10.2. The molecule has 0 spiro atoms. The molecular weight excluding hydrogens is 426 g/mol. The van der Waals surface area contributed by atoms with E-state index in [9.17, 15) is 14.4 Å². The number of fused-ring (bicyclic) bond motifs is 3. The summed E-state index contributed by atoms with van der Waals surface area (Å²) in [5.41, 5.74) is 5.10. The molecule has 10 nitrogen and oxygen atoms in total. The Morgan fingerprint density at radius 3 is 2.58 bits per heavy atom. The van der Waals surface area contributed by atoms with Crippen LogP contribution >= 0.6 is 0 Å². The summed E-state index contributed by atoms with van der Waals surface area (Å²) in [5, 5.41) is 4.63. The van der Waals surface area contributed by atoms with E-state index < -0.39 is 11.8 Å². The van der Waals surface area contributed by atoms with Crippen LogP contribution in [0.25, 0.3) is 16.6 Å². The van der Waals surface area contributed by atoms with Gasteiger partial charge in [-0.3, -0.25) is 25.2 Å². The molecular formula is C23H17N5O5. The lowest BCUT2D eigenvalue weighted by molar-refractivity contribution is 0.0829. The zero-order valence-electron chi connectivity index (χ0n) is 17.1. The number of nitrogens with one attached hydrogen (secondary N) is 3. The van der Waals surface area contributed by atoms with Crippen LogP contribution in [0.4, 0.5) is 0 Å². The molecule has 3 N–H and O–H groups in total. The number of amides is 2. The number of hydrogen-bond acceptors (Lipinski definition) is 6. The predicted molar refractivity (Wildman–Crippen MR) is 118 cm³/mol. The minimum atomic E-state index is -0.650. The second-order valence-electron chi connectivity index (χ2n) is 7.07. The van der Waals surface area contributed by atoms with Gasteiger partial charge in [0.05, 0.1) is 17.1 Å². The number of furan rings is 1. The van der Waals surface area contributed by atoms with E-state index in [1.807, 2.05) is 30.3 Å². The van der Waals surface area contributed by atoms with Gasteiger partial charge < -0.3 is 14.1 Å². The van der Waals surface area contributed by atoms with Crippen molar-refractivity contribution in [3.8, 4) is 5.75 Å². The fourth-order valence-electron chi connectivity index (χ4n) is 3.33. The molecule has 5 aromatic rings. The van der Waals surface area contributed by atoms with Gasteiger partial charge in [0.1, 0.15) is 29.3 Å². The third-order valence-corrected chi connectivity index (χ3v) is 4.92. The number of aromatic amines is 1. The fourth-order valence-corrected chi connectivity index (χ4v) is 3.33. The Labute approximate surface area is 185 Å². The van der Waals surface area contributed by atoms with E-state index in [4.69, 9.17) is 9.15 Å². The van der Waals surface area contributed by atoms with Crippen LogP contribution in [0.3, 0.4) is 0 Å². The summed E-state index contributed by atoms with van der Waals surface area (Å²) in [6, 6.07) is 19.2. The van der Waals surface area contributed by atoms with Gasteiger partial charge >= 0.3 is 5.91 Å². The Morgan fingerprint density at radius 2 is 1.73 bits per heavy atom. The third-order valence-electron chi connectivity index (χ3n) is 4.92. The summed E-state index contributed by atoms with van der Waals surface area (Å²) in [5.74, 6) is -0.178. The molecule has 164 valence electrons. The van der Waals surface area contributed by atoms with Gasteiger partial charge in [-0.25, -0.2) is 4.52 Å². The monoisotopic (exact) mass is 443 g/mol. The molecule has 2 amide bonds. The highest BCUT2D eigenvalue weighted by molar-refractivity contribution is 6.02. The minimum absolute atomic E-state index is 0.00114. The molecule has 33 heavy (non-hydrogen) atoms. The summed E-state index contributed by atoms with van der Waals surface area (Å²) in [6.07, 6.45) is 1.31. The maximum absolute atomic E-state index is 12.6. The van der Waals surface area contributed by atoms with Gasteiger partial charge in [-0.1, -0.05) is 30.3 Å². The van der Waals surface area contributed by atoms with Crippen LogP contribution in [0.15, 0.2) is 82.1 Å². The lowest BCUT2D eigenvalue weighted by Gasteiger charge is -2.06. The Hall–Kier alpha value is -4.86. The van der Waals surface area contributed by atoms with Crippen LogP contribution in [-0.4, -0.2) is 26.4 Å².